The lowest BCUT2D eigenvalue weighted by Gasteiger charge is -2.22. The van der Waals surface area contributed by atoms with E-state index in [1.807, 2.05) is 22.6 Å². The van der Waals surface area contributed by atoms with Crippen LogP contribution >= 0.6 is 22.6 Å². The monoisotopic (exact) mass is 446 g/mol. The lowest BCUT2D eigenvalue weighted by Crippen LogP contribution is -2.35. The molecule has 120 valence electrons. The smallest absolute Gasteiger partial charge is 0.270 e. The lowest BCUT2D eigenvalue weighted by molar-refractivity contribution is -0.384. The summed E-state index contributed by atoms with van der Waals surface area (Å²) in [5.74, 6) is -0.674. The molecule has 9 heteroatoms. The van der Waals surface area contributed by atoms with Gasteiger partial charge in [-0.25, -0.2) is 12.7 Å². The number of nitro groups is 1. The molecule has 23 heavy (non-hydrogen) atoms. The van der Waals surface area contributed by atoms with Gasteiger partial charge in [-0.05, 0) is 46.9 Å². The minimum atomic E-state index is -4.16. The Morgan fingerprint density at radius 1 is 1.13 bits per heavy atom. The molecule has 0 spiro atoms. The maximum Gasteiger partial charge on any atom is 0.270 e. The first-order valence-corrected chi connectivity index (χ1v) is 8.82. The molecule has 0 radical (unpaired) electrons. The summed E-state index contributed by atoms with van der Waals surface area (Å²) < 4.78 is 26.8. The maximum atomic E-state index is 12.7. The largest absolute Gasteiger partial charge is 0.274 e. The average Bonchev–Trinajstić information content (AvgIpc) is 2.49. The molecule has 0 heterocycles. The van der Waals surface area contributed by atoms with E-state index >= 15 is 0 Å². The van der Waals surface area contributed by atoms with Crippen LogP contribution in [0.1, 0.15) is 6.92 Å². The standard InChI is InChI=1S/C14H11IN2O5S/c1-10(18)16(14-5-3-2-4-13(14)15)23(21,22)12-8-6-11(7-9-12)17(19)20/h2-9H,1H3. The molecule has 2 rings (SSSR count). The van der Waals surface area contributed by atoms with Crippen molar-refractivity contribution >= 4 is 49.9 Å². The fraction of sp³-hybridized carbons (Fsp3) is 0.0714. The summed E-state index contributed by atoms with van der Waals surface area (Å²) >= 11 is 1.93. The number of hydrogen-bond donors (Lipinski definition) is 0. The van der Waals surface area contributed by atoms with Crippen LogP contribution in [0.2, 0.25) is 0 Å². The number of carbonyl (C=O) groups is 1. The highest BCUT2D eigenvalue weighted by Crippen LogP contribution is 2.29. The molecular formula is C14H11IN2O5S. The Morgan fingerprint density at radius 2 is 1.70 bits per heavy atom. The first-order valence-electron chi connectivity index (χ1n) is 6.30. The predicted octanol–water partition coefficient (Wildman–Crippen LogP) is 2.94. The molecular weight excluding hydrogens is 435 g/mol. The third-order valence-electron chi connectivity index (χ3n) is 2.94. The number of nitrogens with zero attached hydrogens (tertiary/aromatic N) is 2. The number of amides is 1. The van der Waals surface area contributed by atoms with E-state index in [-0.39, 0.29) is 16.3 Å². The summed E-state index contributed by atoms with van der Waals surface area (Å²) in [7, 11) is -4.16. The minimum absolute atomic E-state index is 0.196. The van der Waals surface area contributed by atoms with Crippen molar-refractivity contribution in [2.75, 3.05) is 4.31 Å². The quantitative estimate of drug-likeness (QED) is 0.409. The molecule has 0 aliphatic heterocycles. The fourth-order valence-corrected chi connectivity index (χ4v) is 4.17. The molecule has 1 amide bonds. The number of rotatable bonds is 4. The maximum absolute atomic E-state index is 12.7. The van der Waals surface area contributed by atoms with Crippen LogP contribution in [0, 0.1) is 13.7 Å². The Kier molecular flexibility index (Phi) is 5.00. The normalized spacial score (nSPS) is 11.0. The number of carbonyl (C=O) groups excluding carboxylic acids is 1. The zero-order valence-corrected chi connectivity index (χ0v) is 14.8. The Morgan fingerprint density at radius 3 is 2.17 bits per heavy atom. The van der Waals surface area contributed by atoms with Gasteiger partial charge < -0.3 is 0 Å². The Bertz CT molecular complexity index is 865. The molecule has 0 N–H and O–H groups in total. The highest BCUT2D eigenvalue weighted by molar-refractivity contribution is 14.1. The van der Waals surface area contributed by atoms with Gasteiger partial charge in [0.1, 0.15) is 0 Å². The van der Waals surface area contributed by atoms with E-state index in [4.69, 9.17) is 0 Å². The van der Waals surface area contributed by atoms with E-state index in [0.29, 0.717) is 7.88 Å². The molecule has 0 saturated heterocycles. The van der Waals surface area contributed by atoms with Gasteiger partial charge in [0, 0.05) is 22.6 Å². The van der Waals surface area contributed by atoms with Crippen molar-refractivity contribution in [1.29, 1.82) is 0 Å². The Balaban J connectivity index is 2.56. The summed E-state index contributed by atoms with van der Waals surface area (Å²) in [6.07, 6.45) is 0. The lowest BCUT2D eigenvalue weighted by atomic mass is 10.3. The SMILES string of the molecule is CC(=O)N(c1ccccc1I)S(=O)(=O)c1ccc([N+](=O)[O-])cc1. The van der Waals surface area contributed by atoms with Gasteiger partial charge in [0.15, 0.2) is 0 Å². The van der Waals surface area contributed by atoms with Gasteiger partial charge in [-0.2, -0.15) is 0 Å². The molecule has 2 aromatic carbocycles. The van der Waals surface area contributed by atoms with Crippen LogP contribution in [0.3, 0.4) is 0 Å². The third-order valence-corrected chi connectivity index (χ3v) is 5.66. The van der Waals surface area contributed by atoms with Gasteiger partial charge in [0.25, 0.3) is 15.7 Å². The molecule has 0 saturated carbocycles. The fourth-order valence-electron chi connectivity index (χ4n) is 1.93. The highest BCUT2D eigenvalue weighted by Gasteiger charge is 2.30. The van der Waals surface area contributed by atoms with Crippen molar-refractivity contribution in [1.82, 2.24) is 0 Å². The van der Waals surface area contributed by atoms with Gasteiger partial charge in [0.05, 0.1) is 15.5 Å². The van der Waals surface area contributed by atoms with Crippen LogP contribution in [0.15, 0.2) is 53.4 Å². The van der Waals surface area contributed by atoms with Crippen LogP contribution in [0.25, 0.3) is 0 Å². The summed E-state index contributed by atoms with van der Waals surface area (Å²) in [4.78, 5) is 21.8. The second-order valence-electron chi connectivity index (χ2n) is 4.49. The number of benzene rings is 2. The van der Waals surface area contributed by atoms with Crippen molar-refractivity contribution in [2.24, 2.45) is 0 Å². The number of nitro benzene ring substituents is 1. The van der Waals surface area contributed by atoms with E-state index in [1.165, 1.54) is 6.07 Å². The van der Waals surface area contributed by atoms with Crippen molar-refractivity contribution < 1.29 is 18.1 Å². The summed E-state index contributed by atoms with van der Waals surface area (Å²) in [6.45, 7) is 1.14. The molecule has 7 nitrogen and oxygen atoms in total. The number of halogens is 1. The van der Waals surface area contributed by atoms with Crippen LogP contribution in [0.5, 0.6) is 0 Å². The average molecular weight is 446 g/mol. The van der Waals surface area contributed by atoms with Crippen LogP contribution in [-0.4, -0.2) is 19.2 Å². The molecule has 0 unspecified atom stereocenters. The van der Waals surface area contributed by atoms with Crippen LogP contribution in [0.4, 0.5) is 11.4 Å². The third kappa shape index (κ3) is 3.50. The number of non-ortho nitro benzene ring substituents is 1. The van der Waals surface area contributed by atoms with E-state index in [2.05, 4.69) is 0 Å². The van der Waals surface area contributed by atoms with Gasteiger partial charge in [0.2, 0.25) is 5.91 Å². The van der Waals surface area contributed by atoms with E-state index in [1.54, 1.807) is 18.2 Å². The zero-order valence-electron chi connectivity index (χ0n) is 11.8. The molecule has 0 aliphatic carbocycles. The second kappa shape index (κ2) is 6.62. The second-order valence-corrected chi connectivity index (χ2v) is 7.44. The Hall–Kier alpha value is -2.01. The number of sulfonamides is 1. The highest BCUT2D eigenvalue weighted by atomic mass is 127. The molecule has 0 aliphatic rings. The number of hydrogen-bond acceptors (Lipinski definition) is 5. The van der Waals surface area contributed by atoms with Crippen molar-refractivity contribution in [3.63, 3.8) is 0 Å². The minimum Gasteiger partial charge on any atom is -0.274 e. The van der Waals surface area contributed by atoms with Gasteiger partial charge in [-0.15, -0.1) is 0 Å². The van der Waals surface area contributed by atoms with Gasteiger partial charge in [-0.3, -0.25) is 14.9 Å². The van der Waals surface area contributed by atoms with Gasteiger partial charge in [-0.1, -0.05) is 12.1 Å². The van der Waals surface area contributed by atoms with E-state index in [9.17, 15) is 23.3 Å². The molecule has 0 atom stereocenters. The van der Waals surface area contributed by atoms with E-state index in [0.717, 1.165) is 31.2 Å². The first kappa shape index (κ1) is 17.3. The van der Waals surface area contributed by atoms with Crippen LogP contribution < -0.4 is 4.31 Å². The zero-order chi connectivity index (χ0) is 17.2. The van der Waals surface area contributed by atoms with Crippen LogP contribution in [-0.2, 0) is 14.8 Å². The first-order chi connectivity index (χ1) is 10.7. The summed E-state index contributed by atoms with van der Waals surface area (Å²) in [5.41, 5.74) is 0.00608. The molecule has 0 bridgehead atoms. The van der Waals surface area contributed by atoms with Gasteiger partial charge >= 0.3 is 0 Å². The molecule has 2 aromatic rings. The van der Waals surface area contributed by atoms with Crippen molar-refractivity contribution in [3.05, 3.63) is 62.2 Å². The number of para-hydroxylation sites is 1. The Labute approximate surface area is 146 Å². The summed E-state index contributed by atoms with van der Waals surface area (Å²) in [6, 6.07) is 10.9. The molecule has 0 fully saturated rings. The van der Waals surface area contributed by atoms with Crippen molar-refractivity contribution in [2.45, 2.75) is 11.8 Å². The topological polar surface area (TPSA) is 97.6 Å². The predicted molar refractivity (Wildman–Crippen MR) is 92.6 cm³/mol. The summed E-state index contributed by atoms with van der Waals surface area (Å²) in [5, 5.41) is 10.7. The molecule has 0 aromatic heterocycles. The van der Waals surface area contributed by atoms with E-state index < -0.39 is 20.9 Å². The van der Waals surface area contributed by atoms with Crippen molar-refractivity contribution in [3.8, 4) is 0 Å². The number of anilines is 1.